The van der Waals surface area contributed by atoms with E-state index in [0.717, 1.165) is 15.6 Å². The average molecular weight is 395 g/mol. The number of nitrogens with two attached hydrogens (primary N) is 1. The quantitative estimate of drug-likeness (QED) is 0.555. The van der Waals surface area contributed by atoms with E-state index in [-0.39, 0.29) is 6.04 Å². The molecule has 0 aromatic heterocycles. The zero-order valence-electron chi connectivity index (χ0n) is 10.3. The lowest BCUT2D eigenvalue weighted by atomic mass is 9.99. The molecule has 0 saturated heterocycles. The van der Waals surface area contributed by atoms with E-state index < -0.39 is 0 Å². The Morgan fingerprint density at radius 1 is 1.05 bits per heavy atom. The third-order valence-corrected chi connectivity index (χ3v) is 4.40. The molecule has 2 aromatic carbocycles. The molecular weight excluding hydrogens is 382 g/mol. The highest BCUT2D eigenvalue weighted by Crippen LogP contribution is 2.30. The van der Waals surface area contributed by atoms with Crippen molar-refractivity contribution in [3.05, 3.63) is 67.1 Å². The first-order chi connectivity index (χ1) is 9.51. The average Bonchev–Trinajstić information content (AvgIpc) is 2.41. The number of hydrazine groups is 1. The molecule has 0 heterocycles. The molecule has 0 amide bonds. The fourth-order valence-corrected chi connectivity index (χ4v) is 3.06. The number of hydrogen-bond acceptors (Lipinski definition) is 2. The SMILES string of the molecule is NNC(Cc1ccc(Cl)cc1Cl)c1cc(Br)ccc1Cl. The summed E-state index contributed by atoms with van der Waals surface area (Å²) in [4.78, 5) is 0. The van der Waals surface area contributed by atoms with E-state index in [4.69, 9.17) is 40.6 Å². The normalized spacial score (nSPS) is 12.4. The Balaban J connectivity index is 2.31. The molecule has 2 nitrogen and oxygen atoms in total. The molecule has 106 valence electrons. The number of benzene rings is 2. The largest absolute Gasteiger partial charge is 0.271 e. The molecule has 1 unspecified atom stereocenters. The van der Waals surface area contributed by atoms with E-state index in [0.29, 0.717) is 21.5 Å². The van der Waals surface area contributed by atoms with Crippen LogP contribution in [0.2, 0.25) is 15.1 Å². The molecule has 0 fully saturated rings. The highest BCUT2D eigenvalue weighted by atomic mass is 79.9. The van der Waals surface area contributed by atoms with Crippen LogP contribution in [0.1, 0.15) is 17.2 Å². The molecule has 2 rings (SSSR count). The zero-order valence-corrected chi connectivity index (χ0v) is 14.2. The first-order valence-corrected chi connectivity index (χ1v) is 7.79. The number of rotatable bonds is 4. The van der Waals surface area contributed by atoms with Crippen molar-refractivity contribution in [2.45, 2.75) is 12.5 Å². The van der Waals surface area contributed by atoms with E-state index >= 15 is 0 Å². The molecule has 6 heteroatoms. The molecule has 1 atom stereocenters. The van der Waals surface area contributed by atoms with Crippen LogP contribution in [0.5, 0.6) is 0 Å². The van der Waals surface area contributed by atoms with Crippen LogP contribution < -0.4 is 11.3 Å². The monoisotopic (exact) mass is 392 g/mol. The van der Waals surface area contributed by atoms with Crippen molar-refractivity contribution in [1.82, 2.24) is 5.43 Å². The maximum atomic E-state index is 6.23. The van der Waals surface area contributed by atoms with Crippen LogP contribution in [-0.4, -0.2) is 0 Å². The molecule has 3 N–H and O–H groups in total. The standard InChI is InChI=1S/C14H12BrCl3N2/c15-9-2-4-12(17)11(6-9)14(20-19)5-8-1-3-10(16)7-13(8)18/h1-4,6-7,14,20H,5,19H2. The highest BCUT2D eigenvalue weighted by Gasteiger charge is 2.16. The van der Waals surface area contributed by atoms with Gasteiger partial charge in [0, 0.05) is 19.5 Å². The molecule has 0 aliphatic heterocycles. The van der Waals surface area contributed by atoms with Gasteiger partial charge >= 0.3 is 0 Å². The minimum Gasteiger partial charge on any atom is -0.271 e. The van der Waals surface area contributed by atoms with Crippen molar-refractivity contribution in [3.8, 4) is 0 Å². The Hall–Kier alpha value is -0.290. The van der Waals surface area contributed by atoms with Crippen LogP contribution in [0, 0.1) is 0 Å². The van der Waals surface area contributed by atoms with E-state index in [2.05, 4.69) is 21.4 Å². The fourth-order valence-electron chi connectivity index (χ4n) is 1.95. The minimum atomic E-state index is -0.140. The third kappa shape index (κ3) is 3.88. The summed E-state index contributed by atoms with van der Waals surface area (Å²) in [5, 5.41) is 1.88. The topological polar surface area (TPSA) is 38.0 Å². The molecule has 2 aromatic rings. The first kappa shape index (κ1) is 16.1. The predicted octanol–water partition coefficient (Wildman–Crippen LogP) is 5.16. The van der Waals surface area contributed by atoms with Crippen LogP contribution in [0.25, 0.3) is 0 Å². The van der Waals surface area contributed by atoms with Crippen LogP contribution in [0.4, 0.5) is 0 Å². The molecular formula is C14H12BrCl3N2. The van der Waals surface area contributed by atoms with Crippen molar-refractivity contribution in [2.24, 2.45) is 5.84 Å². The summed E-state index contributed by atoms with van der Waals surface area (Å²) in [6.45, 7) is 0. The Kier molecular flexibility index (Phi) is 5.73. The van der Waals surface area contributed by atoms with Crippen molar-refractivity contribution < 1.29 is 0 Å². The Bertz CT molecular complexity index is 619. The van der Waals surface area contributed by atoms with Gasteiger partial charge in [0.05, 0.1) is 6.04 Å². The van der Waals surface area contributed by atoms with E-state index in [9.17, 15) is 0 Å². The van der Waals surface area contributed by atoms with Crippen LogP contribution >= 0.6 is 50.7 Å². The second-order valence-corrected chi connectivity index (χ2v) is 6.49. The number of nitrogens with one attached hydrogen (secondary N) is 1. The first-order valence-electron chi connectivity index (χ1n) is 5.86. The third-order valence-electron chi connectivity index (χ3n) is 2.97. The van der Waals surface area contributed by atoms with E-state index in [1.54, 1.807) is 12.1 Å². The Morgan fingerprint density at radius 2 is 1.80 bits per heavy atom. The summed E-state index contributed by atoms with van der Waals surface area (Å²) in [7, 11) is 0. The highest BCUT2D eigenvalue weighted by molar-refractivity contribution is 9.10. The molecule has 0 saturated carbocycles. The van der Waals surface area contributed by atoms with Gasteiger partial charge in [-0.3, -0.25) is 11.3 Å². The van der Waals surface area contributed by atoms with Crippen LogP contribution in [0.3, 0.4) is 0 Å². The molecule has 20 heavy (non-hydrogen) atoms. The number of hydrogen-bond donors (Lipinski definition) is 2. The van der Waals surface area contributed by atoms with Crippen molar-refractivity contribution in [1.29, 1.82) is 0 Å². The summed E-state index contributed by atoms with van der Waals surface area (Å²) in [5.74, 6) is 5.66. The minimum absolute atomic E-state index is 0.140. The maximum absolute atomic E-state index is 6.23. The molecule has 0 aliphatic carbocycles. The van der Waals surface area contributed by atoms with Gasteiger partial charge in [-0.15, -0.1) is 0 Å². The maximum Gasteiger partial charge on any atom is 0.0515 e. The summed E-state index contributed by atoms with van der Waals surface area (Å²) in [6.07, 6.45) is 0.614. The lowest BCUT2D eigenvalue weighted by molar-refractivity contribution is 0.552. The van der Waals surface area contributed by atoms with Gasteiger partial charge in [0.15, 0.2) is 0 Å². The van der Waals surface area contributed by atoms with Gasteiger partial charge in [-0.2, -0.15) is 0 Å². The summed E-state index contributed by atoms with van der Waals surface area (Å²) in [6, 6.07) is 10.9. The van der Waals surface area contributed by atoms with Gasteiger partial charge in [-0.1, -0.05) is 56.8 Å². The van der Waals surface area contributed by atoms with Gasteiger partial charge in [0.25, 0.3) is 0 Å². The Labute approximate surface area is 141 Å². The summed E-state index contributed by atoms with van der Waals surface area (Å²) < 4.78 is 0.944. The molecule has 0 aliphatic rings. The second-order valence-electron chi connectivity index (χ2n) is 4.32. The predicted molar refractivity (Wildman–Crippen MR) is 89.4 cm³/mol. The second kappa shape index (κ2) is 7.12. The van der Waals surface area contributed by atoms with Gasteiger partial charge in [-0.05, 0) is 47.9 Å². The summed E-state index contributed by atoms with van der Waals surface area (Å²) in [5.41, 5.74) is 4.65. The van der Waals surface area contributed by atoms with Gasteiger partial charge < -0.3 is 0 Å². The van der Waals surface area contributed by atoms with Crippen LogP contribution in [-0.2, 0) is 6.42 Å². The van der Waals surface area contributed by atoms with Crippen molar-refractivity contribution in [2.75, 3.05) is 0 Å². The van der Waals surface area contributed by atoms with Crippen LogP contribution in [0.15, 0.2) is 40.9 Å². The zero-order chi connectivity index (χ0) is 14.7. The van der Waals surface area contributed by atoms with Crippen molar-refractivity contribution in [3.63, 3.8) is 0 Å². The number of halogens is 4. The molecule has 0 bridgehead atoms. The molecule has 0 radical (unpaired) electrons. The lowest BCUT2D eigenvalue weighted by Gasteiger charge is -2.19. The van der Waals surface area contributed by atoms with E-state index in [1.807, 2.05) is 24.3 Å². The van der Waals surface area contributed by atoms with Gasteiger partial charge in [-0.25, -0.2) is 0 Å². The van der Waals surface area contributed by atoms with E-state index in [1.165, 1.54) is 0 Å². The van der Waals surface area contributed by atoms with Gasteiger partial charge in [0.2, 0.25) is 0 Å². The van der Waals surface area contributed by atoms with Crippen molar-refractivity contribution >= 4 is 50.7 Å². The van der Waals surface area contributed by atoms with Gasteiger partial charge in [0.1, 0.15) is 0 Å². The summed E-state index contributed by atoms with van der Waals surface area (Å²) >= 11 is 21.8. The lowest BCUT2D eigenvalue weighted by Crippen LogP contribution is -2.29. The Morgan fingerprint density at radius 3 is 2.45 bits per heavy atom. The molecule has 0 spiro atoms. The smallest absolute Gasteiger partial charge is 0.0515 e. The fraction of sp³-hybridized carbons (Fsp3) is 0.143.